The number of halogens is 1. The summed E-state index contributed by atoms with van der Waals surface area (Å²) in [6, 6.07) is 14.7. The molecule has 2 aromatic carbocycles. The van der Waals surface area contributed by atoms with Gasteiger partial charge in [0.15, 0.2) is 0 Å². The van der Waals surface area contributed by atoms with Crippen molar-refractivity contribution in [1.29, 1.82) is 0 Å². The molecule has 0 unspecified atom stereocenters. The largest absolute Gasteiger partial charge is 0.392 e. The number of hydrogen-bond donors (Lipinski definition) is 1. The normalized spacial score (nSPS) is 14.3. The van der Waals surface area contributed by atoms with Crippen LogP contribution in [0.2, 0.25) is 0 Å². The van der Waals surface area contributed by atoms with Crippen LogP contribution < -0.4 is 4.90 Å². The van der Waals surface area contributed by atoms with Crippen molar-refractivity contribution in [1.82, 2.24) is 0 Å². The van der Waals surface area contributed by atoms with Gasteiger partial charge in [-0.3, -0.25) is 0 Å². The predicted octanol–water partition coefficient (Wildman–Crippen LogP) is 4.03. The number of aliphatic hydroxyl groups is 1. The van der Waals surface area contributed by atoms with Crippen molar-refractivity contribution in [3.05, 3.63) is 58.1 Å². The maximum Gasteiger partial charge on any atom is 0.0692 e. The molecular formula is C16H16BrNO. The molecule has 19 heavy (non-hydrogen) atoms. The van der Waals surface area contributed by atoms with Gasteiger partial charge in [-0.2, -0.15) is 0 Å². The van der Waals surface area contributed by atoms with Crippen LogP contribution >= 0.6 is 15.9 Å². The van der Waals surface area contributed by atoms with Crippen LogP contribution in [0.1, 0.15) is 17.5 Å². The molecule has 2 nitrogen and oxygen atoms in total. The van der Waals surface area contributed by atoms with Crippen molar-refractivity contribution in [2.45, 2.75) is 19.4 Å². The van der Waals surface area contributed by atoms with E-state index >= 15 is 0 Å². The summed E-state index contributed by atoms with van der Waals surface area (Å²) < 4.78 is 0.968. The van der Waals surface area contributed by atoms with E-state index in [0.717, 1.165) is 23.0 Å². The zero-order chi connectivity index (χ0) is 13.2. The van der Waals surface area contributed by atoms with E-state index in [4.69, 9.17) is 0 Å². The third-order valence-electron chi connectivity index (χ3n) is 3.63. The highest BCUT2D eigenvalue weighted by molar-refractivity contribution is 9.10. The second-order valence-corrected chi connectivity index (χ2v) is 5.67. The van der Waals surface area contributed by atoms with Crippen molar-refractivity contribution in [3.63, 3.8) is 0 Å². The summed E-state index contributed by atoms with van der Waals surface area (Å²) in [6.07, 6.45) is 2.33. The molecule has 0 amide bonds. The molecule has 0 radical (unpaired) electrons. The second-order valence-electron chi connectivity index (χ2n) is 4.82. The smallest absolute Gasteiger partial charge is 0.0692 e. The van der Waals surface area contributed by atoms with Crippen LogP contribution in [0.25, 0.3) is 0 Å². The number of para-hydroxylation sites is 1. The molecule has 0 saturated carbocycles. The van der Waals surface area contributed by atoms with E-state index in [1.807, 2.05) is 6.07 Å². The van der Waals surface area contributed by atoms with E-state index in [1.165, 1.54) is 23.4 Å². The number of hydrogen-bond acceptors (Lipinski definition) is 2. The summed E-state index contributed by atoms with van der Waals surface area (Å²) in [6.45, 7) is 1.11. The number of nitrogens with zero attached hydrogens (tertiary/aromatic N) is 1. The maximum absolute atomic E-state index is 9.23. The first-order valence-electron chi connectivity index (χ1n) is 6.54. The molecule has 0 fully saturated rings. The van der Waals surface area contributed by atoms with Gasteiger partial charge in [0.1, 0.15) is 0 Å². The number of benzene rings is 2. The Morgan fingerprint density at radius 1 is 1.16 bits per heavy atom. The van der Waals surface area contributed by atoms with Gasteiger partial charge in [-0.1, -0.05) is 40.2 Å². The molecular weight excluding hydrogens is 302 g/mol. The minimum atomic E-state index is 0.0669. The molecule has 1 N–H and O–H groups in total. The van der Waals surface area contributed by atoms with Crippen LogP contribution in [0.5, 0.6) is 0 Å². The molecule has 2 aromatic rings. The fourth-order valence-corrected chi connectivity index (χ4v) is 3.13. The van der Waals surface area contributed by atoms with E-state index in [9.17, 15) is 5.11 Å². The van der Waals surface area contributed by atoms with Crippen LogP contribution in [0.3, 0.4) is 0 Å². The molecule has 3 rings (SSSR count). The third-order valence-corrected chi connectivity index (χ3v) is 4.37. The summed E-state index contributed by atoms with van der Waals surface area (Å²) in [5, 5.41) is 9.23. The summed E-state index contributed by atoms with van der Waals surface area (Å²) in [5.74, 6) is 0. The fraction of sp³-hybridized carbons (Fsp3) is 0.250. The second kappa shape index (κ2) is 5.35. The SMILES string of the molecule is OCc1ccc(N2CCCc3ccccc32)cc1Br. The van der Waals surface area contributed by atoms with E-state index < -0.39 is 0 Å². The predicted molar refractivity (Wildman–Crippen MR) is 81.8 cm³/mol. The summed E-state index contributed by atoms with van der Waals surface area (Å²) in [4.78, 5) is 2.35. The Kier molecular flexibility index (Phi) is 3.58. The Labute approximate surface area is 121 Å². The lowest BCUT2D eigenvalue weighted by Gasteiger charge is -2.31. The van der Waals surface area contributed by atoms with Crippen LogP contribution in [0.15, 0.2) is 46.9 Å². The topological polar surface area (TPSA) is 23.5 Å². The number of anilines is 2. The van der Waals surface area contributed by atoms with Gasteiger partial charge < -0.3 is 10.0 Å². The van der Waals surface area contributed by atoms with Gasteiger partial charge in [0.25, 0.3) is 0 Å². The monoisotopic (exact) mass is 317 g/mol. The number of fused-ring (bicyclic) bond motifs is 1. The third kappa shape index (κ3) is 2.40. The van der Waals surface area contributed by atoms with E-state index in [2.05, 4.69) is 57.2 Å². The molecule has 0 saturated heterocycles. The van der Waals surface area contributed by atoms with Crippen LogP contribution in [-0.2, 0) is 13.0 Å². The van der Waals surface area contributed by atoms with Gasteiger partial charge >= 0.3 is 0 Å². The average molecular weight is 318 g/mol. The van der Waals surface area contributed by atoms with Crippen LogP contribution in [-0.4, -0.2) is 11.7 Å². The molecule has 1 heterocycles. The lowest BCUT2D eigenvalue weighted by molar-refractivity contribution is 0.281. The summed E-state index contributed by atoms with van der Waals surface area (Å²) >= 11 is 3.53. The van der Waals surface area contributed by atoms with E-state index in [1.54, 1.807) is 0 Å². The highest BCUT2D eigenvalue weighted by Crippen LogP contribution is 2.35. The lowest BCUT2D eigenvalue weighted by atomic mass is 10.0. The standard InChI is InChI=1S/C16H16BrNO/c17-15-10-14(8-7-13(15)11-19)18-9-3-5-12-4-1-2-6-16(12)18/h1-2,4,6-8,10,19H,3,5,9,11H2. The first kappa shape index (κ1) is 12.7. The van der Waals surface area contributed by atoms with Gasteiger partial charge in [-0.25, -0.2) is 0 Å². The fourth-order valence-electron chi connectivity index (χ4n) is 2.63. The van der Waals surface area contributed by atoms with E-state index in [-0.39, 0.29) is 6.61 Å². The Bertz CT molecular complexity index is 597. The lowest BCUT2D eigenvalue weighted by Crippen LogP contribution is -2.24. The Morgan fingerprint density at radius 3 is 2.79 bits per heavy atom. The van der Waals surface area contributed by atoms with E-state index in [0.29, 0.717) is 0 Å². The molecule has 98 valence electrons. The first-order valence-corrected chi connectivity index (χ1v) is 7.33. The van der Waals surface area contributed by atoms with Gasteiger partial charge in [0.2, 0.25) is 0 Å². The molecule has 1 aliphatic rings. The van der Waals surface area contributed by atoms with Crippen molar-refractivity contribution >= 4 is 27.3 Å². The molecule has 0 bridgehead atoms. The zero-order valence-electron chi connectivity index (χ0n) is 10.6. The number of aliphatic hydroxyl groups excluding tert-OH is 1. The highest BCUT2D eigenvalue weighted by atomic mass is 79.9. The van der Waals surface area contributed by atoms with Crippen LogP contribution in [0, 0.1) is 0 Å². The summed E-state index contributed by atoms with van der Waals surface area (Å²) in [7, 11) is 0. The Morgan fingerprint density at radius 2 is 2.00 bits per heavy atom. The van der Waals surface area contributed by atoms with Gasteiger partial charge in [-0.05, 0) is 42.2 Å². The zero-order valence-corrected chi connectivity index (χ0v) is 12.2. The minimum Gasteiger partial charge on any atom is -0.392 e. The first-order chi connectivity index (χ1) is 9.29. The Hall–Kier alpha value is -1.32. The van der Waals surface area contributed by atoms with Crippen LogP contribution in [0.4, 0.5) is 11.4 Å². The van der Waals surface area contributed by atoms with Crippen molar-refractivity contribution < 1.29 is 5.11 Å². The van der Waals surface area contributed by atoms with Crippen molar-refractivity contribution in [3.8, 4) is 0 Å². The highest BCUT2D eigenvalue weighted by Gasteiger charge is 2.18. The molecule has 0 aromatic heterocycles. The quantitative estimate of drug-likeness (QED) is 0.904. The molecule has 0 spiro atoms. The molecule has 1 aliphatic heterocycles. The van der Waals surface area contributed by atoms with Gasteiger partial charge in [-0.15, -0.1) is 0 Å². The molecule has 0 aliphatic carbocycles. The maximum atomic E-state index is 9.23. The minimum absolute atomic E-state index is 0.0669. The number of rotatable bonds is 2. The average Bonchev–Trinajstić information content (AvgIpc) is 2.46. The van der Waals surface area contributed by atoms with Crippen molar-refractivity contribution in [2.75, 3.05) is 11.4 Å². The summed E-state index contributed by atoms with van der Waals surface area (Å²) in [5.41, 5.74) is 4.82. The number of aryl methyl sites for hydroxylation is 1. The molecule has 0 atom stereocenters. The Balaban J connectivity index is 2.02. The van der Waals surface area contributed by atoms with Crippen molar-refractivity contribution in [2.24, 2.45) is 0 Å². The molecule has 3 heteroatoms. The van der Waals surface area contributed by atoms with Gasteiger partial charge in [0.05, 0.1) is 6.61 Å². The van der Waals surface area contributed by atoms with Gasteiger partial charge in [0, 0.05) is 22.4 Å².